The normalized spacial score (nSPS) is 11.3. The number of aromatic amines is 1. The van der Waals surface area contributed by atoms with E-state index in [1.54, 1.807) is 18.2 Å². The van der Waals surface area contributed by atoms with Crippen molar-refractivity contribution in [1.82, 2.24) is 4.98 Å². The molecule has 3 nitrogen and oxygen atoms in total. The van der Waals surface area contributed by atoms with E-state index < -0.39 is 0 Å². The molecule has 4 heteroatoms. The van der Waals surface area contributed by atoms with Crippen molar-refractivity contribution in [2.75, 3.05) is 0 Å². The SMILES string of the molecule is O=C(/C=C/c1cc2ccccc2[nH]1)c1cc(Br)ccc1O. The van der Waals surface area contributed by atoms with Gasteiger partial charge in [0.1, 0.15) is 5.75 Å². The van der Waals surface area contributed by atoms with Crippen LogP contribution in [0.3, 0.4) is 0 Å². The average molecular weight is 342 g/mol. The fourth-order valence-electron chi connectivity index (χ4n) is 2.15. The molecule has 2 N–H and O–H groups in total. The molecule has 0 radical (unpaired) electrons. The zero-order valence-corrected chi connectivity index (χ0v) is 12.6. The maximum Gasteiger partial charge on any atom is 0.189 e. The van der Waals surface area contributed by atoms with Crippen LogP contribution in [0.1, 0.15) is 16.1 Å². The number of fused-ring (bicyclic) bond motifs is 1. The van der Waals surface area contributed by atoms with Gasteiger partial charge >= 0.3 is 0 Å². The molecule has 0 saturated heterocycles. The zero-order valence-electron chi connectivity index (χ0n) is 11.0. The summed E-state index contributed by atoms with van der Waals surface area (Å²) in [5.74, 6) is -0.267. The molecular formula is C17H12BrNO2. The van der Waals surface area contributed by atoms with E-state index in [9.17, 15) is 9.90 Å². The van der Waals surface area contributed by atoms with E-state index in [1.807, 2.05) is 30.3 Å². The third kappa shape index (κ3) is 2.90. The molecule has 0 aliphatic heterocycles. The number of hydrogen-bond acceptors (Lipinski definition) is 2. The molecule has 0 unspecified atom stereocenters. The van der Waals surface area contributed by atoms with Gasteiger partial charge in [0, 0.05) is 15.7 Å². The molecule has 3 rings (SSSR count). The number of nitrogens with one attached hydrogen (secondary N) is 1. The maximum absolute atomic E-state index is 12.1. The van der Waals surface area contributed by atoms with Crippen molar-refractivity contribution in [3.8, 4) is 5.75 Å². The highest BCUT2D eigenvalue weighted by Gasteiger charge is 2.08. The molecule has 0 fully saturated rings. The number of hydrogen-bond donors (Lipinski definition) is 2. The van der Waals surface area contributed by atoms with Gasteiger partial charge in [0.05, 0.1) is 5.56 Å². The summed E-state index contributed by atoms with van der Waals surface area (Å²) >= 11 is 3.29. The second kappa shape index (κ2) is 5.58. The van der Waals surface area contributed by atoms with Gasteiger partial charge in [-0.15, -0.1) is 0 Å². The Hall–Kier alpha value is -2.33. The minimum absolute atomic E-state index is 0.0236. The predicted octanol–water partition coefficient (Wildman–Crippen LogP) is 4.53. The molecular weight excluding hydrogens is 330 g/mol. The molecule has 0 bridgehead atoms. The third-order valence-corrected chi connectivity index (χ3v) is 3.68. The topological polar surface area (TPSA) is 53.1 Å². The van der Waals surface area contributed by atoms with Gasteiger partial charge in [0.25, 0.3) is 0 Å². The average Bonchev–Trinajstić information content (AvgIpc) is 2.90. The van der Waals surface area contributed by atoms with Crippen molar-refractivity contribution >= 4 is 38.7 Å². The van der Waals surface area contributed by atoms with E-state index >= 15 is 0 Å². The molecule has 3 aromatic rings. The van der Waals surface area contributed by atoms with Crippen LogP contribution in [0.2, 0.25) is 0 Å². The lowest BCUT2D eigenvalue weighted by Crippen LogP contribution is -1.94. The number of H-pyrrole nitrogens is 1. The van der Waals surface area contributed by atoms with Crippen molar-refractivity contribution in [3.63, 3.8) is 0 Å². The smallest absolute Gasteiger partial charge is 0.189 e. The minimum Gasteiger partial charge on any atom is -0.507 e. The van der Waals surface area contributed by atoms with E-state index in [2.05, 4.69) is 20.9 Å². The second-order valence-corrected chi connectivity index (χ2v) is 5.59. The Labute approximate surface area is 130 Å². The van der Waals surface area contributed by atoms with E-state index in [1.165, 1.54) is 12.1 Å². The highest BCUT2D eigenvalue weighted by molar-refractivity contribution is 9.10. The molecule has 0 spiro atoms. The van der Waals surface area contributed by atoms with Crippen LogP contribution in [0.5, 0.6) is 5.75 Å². The summed E-state index contributed by atoms with van der Waals surface area (Å²) in [6.07, 6.45) is 3.16. The number of aromatic nitrogens is 1. The quantitative estimate of drug-likeness (QED) is 0.543. The number of phenols is 1. The lowest BCUT2D eigenvalue weighted by Gasteiger charge is -2.00. The summed E-state index contributed by atoms with van der Waals surface area (Å²) in [6.45, 7) is 0. The fourth-order valence-corrected chi connectivity index (χ4v) is 2.51. The van der Waals surface area contributed by atoms with Gasteiger partial charge in [-0.1, -0.05) is 34.1 Å². The molecule has 2 aromatic carbocycles. The van der Waals surface area contributed by atoms with E-state index in [4.69, 9.17) is 0 Å². The summed E-state index contributed by atoms with van der Waals surface area (Å²) in [4.78, 5) is 15.3. The molecule has 0 aliphatic carbocycles. The lowest BCUT2D eigenvalue weighted by molar-refractivity contribution is 0.104. The van der Waals surface area contributed by atoms with Crippen LogP contribution in [-0.4, -0.2) is 15.9 Å². The highest BCUT2D eigenvalue weighted by Crippen LogP contribution is 2.23. The van der Waals surface area contributed by atoms with Gasteiger partial charge in [-0.05, 0) is 47.9 Å². The Morgan fingerprint density at radius 1 is 1.14 bits per heavy atom. The number of halogens is 1. The number of carbonyl (C=O) groups is 1. The standard InChI is InChI=1S/C17H12BrNO2/c18-12-5-7-16(20)14(10-12)17(21)8-6-13-9-11-3-1-2-4-15(11)19-13/h1-10,19-20H/b8-6+. The maximum atomic E-state index is 12.1. The predicted molar refractivity (Wildman–Crippen MR) is 87.5 cm³/mol. The second-order valence-electron chi connectivity index (χ2n) is 4.67. The van der Waals surface area contributed by atoms with Crippen molar-refractivity contribution in [2.45, 2.75) is 0 Å². The highest BCUT2D eigenvalue weighted by atomic mass is 79.9. The molecule has 104 valence electrons. The summed E-state index contributed by atoms with van der Waals surface area (Å²) in [5.41, 5.74) is 2.14. The Morgan fingerprint density at radius 3 is 2.76 bits per heavy atom. The van der Waals surface area contributed by atoms with Crippen LogP contribution in [0.25, 0.3) is 17.0 Å². The molecule has 0 amide bonds. The number of rotatable bonds is 3. The minimum atomic E-state index is -0.243. The molecule has 21 heavy (non-hydrogen) atoms. The van der Waals surface area contributed by atoms with E-state index in [0.717, 1.165) is 21.1 Å². The third-order valence-electron chi connectivity index (χ3n) is 3.19. The number of benzene rings is 2. The first kappa shape index (κ1) is 13.6. The van der Waals surface area contributed by atoms with Gasteiger partial charge in [0.15, 0.2) is 5.78 Å². The van der Waals surface area contributed by atoms with Crippen LogP contribution in [0.4, 0.5) is 0 Å². The molecule has 1 heterocycles. The molecule has 0 aliphatic rings. The van der Waals surface area contributed by atoms with Crippen molar-refractivity contribution in [3.05, 3.63) is 70.3 Å². The Bertz CT molecular complexity index is 816. The lowest BCUT2D eigenvalue weighted by atomic mass is 10.1. The summed E-state index contributed by atoms with van der Waals surface area (Å²) in [7, 11) is 0. The summed E-state index contributed by atoms with van der Waals surface area (Å²) in [6, 6.07) is 14.7. The number of para-hydroxylation sites is 1. The Balaban J connectivity index is 1.88. The number of phenolic OH excluding ortho intramolecular Hbond substituents is 1. The van der Waals surface area contributed by atoms with Crippen molar-refractivity contribution < 1.29 is 9.90 Å². The number of aromatic hydroxyl groups is 1. The van der Waals surface area contributed by atoms with Gasteiger partial charge in [-0.25, -0.2) is 0 Å². The van der Waals surface area contributed by atoms with Gasteiger partial charge in [-0.2, -0.15) is 0 Å². The van der Waals surface area contributed by atoms with Crippen LogP contribution >= 0.6 is 15.9 Å². The number of allylic oxidation sites excluding steroid dienone is 1. The van der Waals surface area contributed by atoms with Crippen LogP contribution in [-0.2, 0) is 0 Å². The zero-order chi connectivity index (χ0) is 14.8. The van der Waals surface area contributed by atoms with Crippen LogP contribution in [0.15, 0.2) is 59.1 Å². The first-order valence-corrected chi connectivity index (χ1v) is 7.21. The Kier molecular flexibility index (Phi) is 3.62. The van der Waals surface area contributed by atoms with Crippen molar-refractivity contribution in [1.29, 1.82) is 0 Å². The van der Waals surface area contributed by atoms with Gasteiger partial charge in [-0.3, -0.25) is 4.79 Å². The number of carbonyl (C=O) groups excluding carboxylic acids is 1. The Morgan fingerprint density at radius 2 is 1.95 bits per heavy atom. The number of ketones is 1. The van der Waals surface area contributed by atoms with Gasteiger partial charge in [0.2, 0.25) is 0 Å². The first-order chi connectivity index (χ1) is 10.1. The largest absolute Gasteiger partial charge is 0.507 e. The first-order valence-electron chi connectivity index (χ1n) is 6.42. The van der Waals surface area contributed by atoms with Crippen LogP contribution in [0, 0.1) is 0 Å². The summed E-state index contributed by atoms with van der Waals surface area (Å²) < 4.78 is 0.752. The van der Waals surface area contributed by atoms with E-state index in [0.29, 0.717) is 0 Å². The van der Waals surface area contributed by atoms with E-state index in [-0.39, 0.29) is 17.1 Å². The van der Waals surface area contributed by atoms with Crippen LogP contribution < -0.4 is 0 Å². The summed E-state index contributed by atoms with van der Waals surface area (Å²) in [5, 5.41) is 10.8. The van der Waals surface area contributed by atoms with Gasteiger partial charge < -0.3 is 10.1 Å². The molecule has 0 saturated carbocycles. The molecule has 0 atom stereocenters. The van der Waals surface area contributed by atoms with Crippen molar-refractivity contribution in [2.24, 2.45) is 0 Å². The molecule has 1 aromatic heterocycles. The monoisotopic (exact) mass is 341 g/mol. The fraction of sp³-hybridized carbons (Fsp3) is 0.